The van der Waals surface area contributed by atoms with E-state index in [1.54, 1.807) is 25.0 Å². The molecule has 1 aliphatic heterocycles. The molecule has 9 heteroatoms. The lowest BCUT2D eigenvalue weighted by Gasteiger charge is -2.26. The Hall–Kier alpha value is -4.11. The van der Waals surface area contributed by atoms with Crippen LogP contribution in [0.5, 0.6) is 11.5 Å². The van der Waals surface area contributed by atoms with Crippen molar-refractivity contribution in [2.24, 2.45) is 0 Å². The molecule has 0 fully saturated rings. The summed E-state index contributed by atoms with van der Waals surface area (Å²) in [6.45, 7) is 2.20. The second-order valence-electron chi connectivity index (χ2n) is 8.74. The molecular weight excluding hydrogens is 444 g/mol. The largest absolute Gasteiger partial charge is 0.497 e. The fourth-order valence-corrected chi connectivity index (χ4v) is 4.46. The van der Waals surface area contributed by atoms with E-state index in [-0.39, 0.29) is 5.56 Å². The Balaban J connectivity index is 1.56. The van der Waals surface area contributed by atoms with E-state index in [4.69, 9.17) is 20.2 Å². The second-order valence-corrected chi connectivity index (χ2v) is 8.74. The first-order chi connectivity index (χ1) is 16.9. The van der Waals surface area contributed by atoms with Gasteiger partial charge in [0.2, 0.25) is 5.95 Å². The number of likely N-dealkylation sites (N-methyl/N-ethyl adjacent to an activating group) is 1. The van der Waals surface area contributed by atoms with Crippen LogP contribution in [0.15, 0.2) is 53.5 Å². The van der Waals surface area contributed by atoms with Gasteiger partial charge in [-0.05, 0) is 54.4 Å². The number of benzene rings is 2. The molecule has 2 aromatic carbocycles. The van der Waals surface area contributed by atoms with Gasteiger partial charge in [0, 0.05) is 31.0 Å². The van der Waals surface area contributed by atoms with Crippen LogP contribution in [0.3, 0.4) is 0 Å². The van der Waals surface area contributed by atoms with Crippen molar-refractivity contribution < 1.29 is 9.47 Å². The van der Waals surface area contributed by atoms with Gasteiger partial charge in [-0.15, -0.1) is 0 Å². The molecule has 0 saturated heterocycles. The molecular formula is C26H28N6O3. The third-order valence-corrected chi connectivity index (χ3v) is 6.33. The van der Waals surface area contributed by atoms with Gasteiger partial charge in [-0.3, -0.25) is 9.36 Å². The Morgan fingerprint density at radius 1 is 1.11 bits per heavy atom. The van der Waals surface area contributed by atoms with Crippen LogP contribution in [-0.4, -0.2) is 47.2 Å². The van der Waals surface area contributed by atoms with Crippen LogP contribution >= 0.6 is 0 Å². The van der Waals surface area contributed by atoms with E-state index in [0.29, 0.717) is 29.2 Å². The number of nitrogen functional groups attached to an aromatic ring is 1. The zero-order valence-electron chi connectivity index (χ0n) is 20.0. The standard InChI is InChI=1S/C26H28N6O3/c1-31-8-7-17-11-23(35-3)22(10-18(17)15-31)29-26-28-13-20-21(27)12-24(33)32(25(20)30-26)14-16-5-4-6-19(9-16)34-2/h4-6,9-13H,7-8,14-15,27H2,1-3H3,(H,28,29,30). The highest BCUT2D eigenvalue weighted by Gasteiger charge is 2.18. The molecule has 0 amide bonds. The molecule has 9 nitrogen and oxygen atoms in total. The predicted octanol–water partition coefficient (Wildman–Crippen LogP) is 3.17. The van der Waals surface area contributed by atoms with E-state index in [0.717, 1.165) is 42.3 Å². The molecule has 4 aromatic rings. The zero-order valence-corrected chi connectivity index (χ0v) is 20.0. The molecule has 1 aliphatic rings. The number of pyridine rings is 1. The lowest BCUT2D eigenvalue weighted by Crippen LogP contribution is -2.26. The number of nitrogens with two attached hydrogens (primary N) is 1. The number of nitrogens with one attached hydrogen (secondary N) is 1. The average Bonchev–Trinajstić information content (AvgIpc) is 2.86. The van der Waals surface area contributed by atoms with Crippen LogP contribution < -0.4 is 26.1 Å². The van der Waals surface area contributed by atoms with Gasteiger partial charge in [0.25, 0.3) is 5.56 Å². The number of fused-ring (bicyclic) bond motifs is 2. The molecule has 0 atom stereocenters. The molecule has 0 saturated carbocycles. The van der Waals surface area contributed by atoms with Gasteiger partial charge in [-0.25, -0.2) is 4.98 Å². The molecule has 0 unspecified atom stereocenters. The van der Waals surface area contributed by atoms with E-state index in [9.17, 15) is 4.79 Å². The summed E-state index contributed by atoms with van der Waals surface area (Å²) in [5, 5.41) is 3.90. The number of hydrogen-bond acceptors (Lipinski definition) is 8. The van der Waals surface area contributed by atoms with Gasteiger partial charge < -0.3 is 25.4 Å². The molecule has 0 radical (unpaired) electrons. The summed E-state index contributed by atoms with van der Waals surface area (Å²) < 4.78 is 12.6. The number of nitrogens with zero attached hydrogens (tertiary/aromatic N) is 4. The average molecular weight is 473 g/mol. The Morgan fingerprint density at radius 2 is 1.97 bits per heavy atom. The summed E-state index contributed by atoms with van der Waals surface area (Å²) in [7, 11) is 5.37. The summed E-state index contributed by atoms with van der Waals surface area (Å²) >= 11 is 0. The van der Waals surface area contributed by atoms with Gasteiger partial charge in [-0.1, -0.05) is 12.1 Å². The predicted molar refractivity (Wildman–Crippen MR) is 137 cm³/mol. The van der Waals surface area contributed by atoms with Gasteiger partial charge in [-0.2, -0.15) is 4.98 Å². The smallest absolute Gasteiger partial charge is 0.254 e. The van der Waals surface area contributed by atoms with Crippen LogP contribution in [0.4, 0.5) is 17.3 Å². The van der Waals surface area contributed by atoms with E-state index in [1.807, 2.05) is 24.3 Å². The number of anilines is 3. The van der Waals surface area contributed by atoms with Crippen molar-refractivity contribution in [3.05, 3.63) is 75.7 Å². The van der Waals surface area contributed by atoms with E-state index >= 15 is 0 Å². The minimum atomic E-state index is -0.239. The molecule has 0 bridgehead atoms. The van der Waals surface area contributed by atoms with Crippen molar-refractivity contribution in [2.45, 2.75) is 19.5 Å². The molecule has 0 spiro atoms. The highest BCUT2D eigenvalue weighted by atomic mass is 16.5. The fraction of sp³-hybridized carbons (Fsp3) is 0.269. The van der Waals surface area contributed by atoms with Crippen molar-refractivity contribution >= 4 is 28.4 Å². The maximum Gasteiger partial charge on any atom is 0.254 e. The Morgan fingerprint density at radius 3 is 2.77 bits per heavy atom. The monoisotopic (exact) mass is 472 g/mol. The van der Waals surface area contributed by atoms with Crippen molar-refractivity contribution in [1.82, 2.24) is 19.4 Å². The number of methoxy groups -OCH3 is 2. The summed E-state index contributed by atoms with van der Waals surface area (Å²) in [6, 6.07) is 13.1. The van der Waals surface area contributed by atoms with Crippen LogP contribution in [0.2, 0.25) is 0 Å². The van der Waals surface area contributed by atoms with E-state index in [1.165, 1.54) is 17.2 Å². The first kappa shape index (κ1) is 22.7. The maximum absolute atomic E-state index is 12.9. The molecule has 0 aliphatic carbocycles. The van der Waals surface area contributed by atoms with Crippen LogP contribution in [0.25, 0.3) is 11.0 Å². The lowest BCUT2D eigenvalue weighted by molar-refractivity contribution is 0.312. The summed E-state index contributed by atoms with van der Waals surface area (Å²) in [4.78, 5) is 24.4. The Bertz CT molecular complexity index is 1470. The van der Waals surface area contributed by atoms with E-state index in [2.05, 4.69) is 34.4 Å². The fourth-order valence-electron chi connectivity index (χ4n) is 4.46. The zero-order chi connectivity index (χ0) is 24.5. The second kappa shape index (κ2) is 9.27. The van der Waals surface area contributed by atoms with Gasteiger partial charge >= 0.3 is 0 Å². The van der Waals surface area contributed by atoms with Gasteiger partial charge in [0.1, 0.15) is 11.5 Å². The lowest BCUT2D eigenvalue weighted by atomic mass is 9.99. The third kappa shape index (κ3) is 4.50. The molecule has 3 heterocycles. The van der Waals surface area contributed by atoms with Crippen LogP contribution in [0, 0.1) is 0 Å². The maximum atomic E-state index is 12.9. The summed E-state index contributed by atoms with van der Waals surface area (Å²) in [5.74, 6) is 1.79. The first-order valence-electron chi connectivity index (χ1n) is 11.4. The number of hydrogen-bond donors (Lipinski definition) is 2. The van der Waals surface area contributed by atoms with Gasteiger partial charge in [0.05, 0.1) is 31.8 Å². The first-order valence-corrected chi connectivity index (χ1v) is 11.4. The molecule has 180 valence electrons. The highest BCUT2D eigenvalue weighted by molar-refractivity contribution is 5.88. The van der Waals surface area contributed by atoms with Crippen molar-refractivity contribution in [2.75, 3.05) is 38.9 Å². The summed E-state index contributed by atoms with van der Waals surface area (Å²) in [5.41, 5.74) is 10.9. The minimum Gasteiger partial charge on any atom is -0.497 e. The van der Waals surface area contributed by atoms with Crippen molar-refractivity contribution in [3.8, 4) is 11.5 Å². The highest BCUT2D eigenvalue weighted by Crippen LogP contribution is 2.33. The molecule has 2 aromatic heterocycles. The van der Waals surface area contributed by atoms with Gasteiger partial charge in [0.15, 0.2) is 5.65 Å². The molecule has 5 rings (SSSR count). The quantitative estimate of drug-likeness (QED) is 0.441. The number of rotatable bonds is 6. The van der Waals surface area contributed by atoms with Crippen molar-refractivity contribution in [3.63, 3.8) is 0 Å². The molecule has 35 heavy (non-hydrogen) atoms. The Kier molecular flexibility index (Phi) is 6.00. The normalized spacial score (nSPS) is 13.5. The molecule has 3 N–H and O–H groups in total. The topological polar surface area (TPSA) is 108 Å². The van der Waals surface area contributed by atoms with Crippen LogP contribution in [0.1, 0.15) is 16.7 Å². The van der Waals surface area contributed by atoms with Crippen molar-refractivity contribution in [1.29, 1.82) is 0 Å². The SMILES string of the molecule is COc1cccc(Cn2c(=O)cc(N)c3cnc(Nc4cc5c(cc4OC)CCN(C)C5)nc32)c1. The van der Waals surface area contributed by atoms with E-state index < -0.39 is 0 Å². The van der Waals surface area contributed by atoms with Crippen LogP contribution in [-0.2, 0) is 19.5 Å². The number of aromatic nitrogens is 3. The summed E-state index contributed by atoms with van der Waals surface area (Å²) in [6.07, 6.45) is 2.62. The minimum absolute atomic E-state index is 0.239. The Labute approximate surface area is 203 Å². The third-order valence-electron chi connectivity index (χ3n) is 6.33. The number of ether oxygens (including phenoxy) is 2.